The third-order valence-electron chi connectivity index (χ3n) is 0.905. The molecule has 11 heavy (non-hydrogen) atoms. The zero-order valence-corrected chi connectivity index (χ0v) is 5.60. The van der Waals surface area contributed by atoms with E-state index in [2.05, 4.69) is 0 Å². The van der Waals surface area contributed by atoms with Crippen LogP contribution in [0.3, 0.4) is 0 Å². The number of aliphatic hydroxyl groups is 1. The van der Waals surface area contributed by atoms with Crippen molar-refractivity contribution in [3.05, 3.63) is 12.2 Å². The van der Waals surface area contributed by atoms with Gasteiger partial charge >= 0.3 is 11.9 Å². The molecule has 0 aromatic carbocycles. The topological polar surface area (TPSA) is 94.8 Å². The summed E-state index contributed by atoms with van der Waals surface area (Å²) in [6, 6.07) is 0. The Labute approximate surface area is 62.6 Å². The van der Waals surface area contributed by atoms with Crippen molar-refractivity contribution in [3.8, 4) is 0 Å². The predicted molar refractivity (Wildman–Crippen MR) is 35.0 cm³/mol. The standard InChI is InChI=1S/C6H8O5/c7-4(6(10)11)2-1-3-5(8)9/h1,3-4,7H,2H2,(H,8,9)(H,10,11)/b3-1+/t4-/m1/s1. The molecule has 0 aliphatic heterocycles. The molecule has 0 saturated carbocycles. The molecule has 0 spiro atoms. The van der Waals surface area contributed by atoms with Crippen molar-refractivity contribution < 1.29 is 24.9 Å². The lowest BCUT2D eigenvalue weighted by molar-refractivity contribution is -0.146. The van der Waals surface area contributed by atoms with Crippen LogP contribution in [0.25, 0.3) is 0 Å². The Balaban J connectivity index is 3.70. The van der Waals surface area contributed by atoms with Crippen molar-refractivity contribution >= 4 is 11.9 Å². The zero-order chi connectivity index (χ0) is 8.85. The molecule has 0 fully saturated rings. The summed E-state index contributed by atoms with van der Waals surface area (Å²) in [4.78, 5) is 19.8. The molecule has 0 aromatic heterocycles. The van der Waals surface area contributed by atoms with Crippen LogP contribution >= 0.6 is 0 Å². The van der Waals surface area contributed by atoms with Gasteiger partial charge in [-0.05, 0) is 0 Å². The Hall–Kier alpha value is -1.36. The molecule has 0 bridgehead atoms. The minimum Gasteiger partial charge on any atom is -0.479 e. The fourth-order valence-corrected chi connectivity index (χ4v) is 0.399. The summed E-state index contributed by atoms with van der Waals surface area (Å²) < 4.78 is 0. The van der Waals surface area contributed by atoms with Crippen LogP contribution in [0, 0.1) is 0 Å². The lowest BCUT2D eigenvalue weighted by atomic mass is 10.2. The molecule has 0 heterocycles. The first-order valence-corrected chi connectivity index (χ1v) is 2.84. The minimum absolute atomic E-state index is 0.193. The third kappa shape index (κ3) is 5.10. The van der Waals surface area contributed by atoms with E-state index in [9.17, 15) is 9.59 Å². The van der Waals surface area contributed by atoms with E-state index in [0.717, 1.165) is 12.2 Å². The van der Waals surface area contributed by atoms with Crippen molar-refractivity contribution in [2.75, 3.05) is 0 Å². The summed E-state index contributed by atoms with van der Waals surface area (Å²) in [6.45, 7) is 0. The van der Waals surface area contributed by atoms with Crippen molar-refractivity contribution in [1.29, 1.82) is 0 Å². The van der Waals surface area contributed by atoms with E-state index < -0.39 is 18.0 Å². The number of aliphatic carboxylic acids is 2. The second-order valence-corrected chi connectivity index (χ2v) is 1.83. The molecule has 0 unspecified atom stereocenters. The minimum atomic E-state index is -1.52. The maximum absolute atomic E-state index is 9.94. The van der Waals surface area contributed by atoms with E-state index in [0.29, 0.717) is 0 Å². The number of aliphatic hydroxyl groups excluding tert-OH is 1. The van der Waals surface area contributed by atoms with Gasteiger partial charge in [-0.2, -0.15) is 0 Å². The van der Waals surface area contributed by atoms with E-state index in [-0.39, 0.29) is 6.42 Å². The fraction of sp³-hybridized carbons (Fsp3) is 0.333. The van der Waals surface area contributed by atoms with Crippen LogP contribution < -0.4 is 0 Å². The van der Waals surface area contributed by atoms with Crippen molar-refractivity contribution in [3.63, 3.8) is 0 Å². The number of hydrogen-bond donors (Lipinski definition) is 3. The average Bonchev–Trinajstić information content (AvgIpc) is 1.86. The summed E-state index contributed by atoms with van der Waals surface area (Å²) >= 11 is 0. The van der Waals surface area contributed by atoms with Gasteiger partial charge in [0, 0.05) is 12.5 Å². The van der Waals surface area contributed by atoms with Crippen molar-refractivity contribution in [1.82, 2.24) is 0 Å². The first-order chi connectivity index (χ1) is 5.04. The van der Waals surface area contributed by atoms with Crippen LogP contribution in [0.2, 0.25) is 0 Å². The van der Waals surface area contributed by atoms with Gasteiger partial charge < -0.3 is 15.3 Å². The van der Waals surface area contributed by atoms with E-state index in [4.69, 9.17) is 15.3 Å². The summed E-state index contributed by atoms with van der Waals surface area (Å²) in [6.07, 6.45) is 0.153. The van der Waals surface area contributed by atoms with Crippen LogP contribution in [-0.4, -0.2) is 33.4 Å². The van der Waals surface area contributed by atoms with Crippen LogP contribution in [0.15, 0.2) is 12.2 Å². The molecule has 5 heteroatoms. The van der Waals surface area contributed by atoms with Gasteiger partial charge in [-0.25, -0.2) is 9.59 Å². The highest BCUT2D eigenvalue weighted by atomic mass is 16.4. The van der Waals surface area contributed by atoms with Gasteiger partial charge in [0.1, 0.15) is 0 Å². The monoisotopic (exact) mass is 160 g/mol. The maximum Gasteiger partial charge on any atom is 0.332 e. The highest BCUT2D eigenvalue weighted by Gasteiger charge is 2.09. The van der Waals surface area contributed by atoms with Crippen LogP contribution in [0.5, 0.6) is 0 Å². The lowest BCUT2D eigenvalue weighted by Crippen LogP contribution is -2.18. The van der Waals surface area contributed by atoms with Gasteiger partial charge in [0.15, 0.2) is 6.10 Å². The maximum atomic E-state index is 9.94. The summed E-state index contributed by atoms with van der Waals surface area (Å²) in [5.41, 5.74) is 0. The van der Waals surface area contributed by atoms with E-state index >= 15 is 0 Å². The Morgan fingerprint density at radius 2 is 1.91 bits per heavy atom. The second-order valence-electron chi connectivity index (χ2n) is 1.83. The number of hydrogen-bond acceptors (Lipinski definition) is 3. The number of rotatable bonds is 4. The van der Waals surface area contributed by atoms with Crippen LogP contribution in [-0.2, 0) is 9.59 Å². The van der Waals surface area contributed by atoms with Gasteiger partial charge in [-0.15, -0.1) is 0 Å². The van der Waals surface area contributed by atoms with E-state index in [1.54, 1.807) is 0 Å². The van der Waals surface area contributed by atoms with Crippen molar-refractivity contribution in [2.24, 2.45) is 0 Å². The SMILES string of the molecule is O=C(O)/C=C/C[C@@H](O)C(=O)O. The number of carboxylic acid groups (broad SMARTS) is 2. The Morgan fingerprint density at radius 3 is 2.27 bits per heavy atom. The molecule has 0 radical (unpaired) electrons. The molecule has 1 atom stereocenters. The first kappa shape index (κ1) is 9.64. The molecule has 0 aliphatic carbocycles. The van der Waals surface area contributed by atoms with Gasteiger partial charge in [0.2, 0.25) is 0 Å². The molecular weight excluding hydrogens is 152 g/mol. The van der Waals surface area contributed by atoms with Gasteiger partial charge in [-0.1, -0.05) is 6.08 Å². The molecule has 5 nitrogen and oxygen atoms in total. The second kappa shape index (κ2) is 4.45. The number of carbonyl (C=O) groups is 2. The van der Waals surface area contributed by atoms with Gasteiger partial charge in [0.05, 0.1) is 0 Å². The van der Waals surface area contributed by atoms with E-state index in [1.807, 2.05) is 0 Å². The average molecular weight is 160 g/mol. The molecular formula is C6H8O5. The fourth-order valence-electron chi connectivity index (χ4n) is 0.399. The Morgan fingerprint density at radius 1 is 1.36 bits per heavy atom. The smallest absolute Gasteiger partial charge is 0.332 e. The van der Waals surface area contributed by atoms with E-state index in [1.165, 1.54) is 0 Å². The number of carboxylic acids is 2. The van der Waals surface area contributed by atoms with Crippen molar-refractivity contribution in [2.45, 2.75) is 12.5 Å². The largest absolute Gasteiger partial charge is 0.479 e. The summed E-state index contributed by atoms with van der Waals surface area (Å²) in [7, 11) is 0. The quantitative estimate of drug-likeness (QED) is 0.480. The summed E-state index contributed by atoms with van der Waals surface area (Å²) in [5.74, 6) is -2.53. The highest BCUT2D eigenvalue weighted by Crippen LogP contribution is 1.92. The molecule has 0 aliphatic rings. The van der Waals surface area contributed by atoms with Gasteiger partial charge in [0.25, 0.3) is 0 Å². The van der Waals surface area contributed by atoms with Gasteiger partial charge in [-0.3, -0.25) is 0 Å². The molecule has 3 N–H and O–H groups in total. The third-order valence-corrected chi connectivity index (χ3v) is 0.905. The first-order valence-electron chi connectivity index (χ1n) is 2.84. The van der Waals surface area contributed by atoms with Crippen LogP contribution in [0.1, 0.15) is 6.42 Å². The summed E-state index contributed by atoms with van der Waals surface area (Å²) in [5, 5.41) is 24.8. The highest BCUT2D eigenvalue weighted by molar-refractivity contribution is 5.80. The molecule has 0 rings (SSSR count). The Kier molecular flexibility index (Phi) is 3.90. The lowest BCUT2D eigenvalue weighted by Gasteiger charge is -1.97. The normalized spacial score (nSPS) is 13.2. The Bertz CT molecular complexity index is 183. The molecule has 62 valence electrons. The zero-order valence-electron chi connectivity index (χ0n) is 5.60. The molecule has 0 aromatic rings. The predicted octanol–water partition coefficient (Wildman–Crippen LogP) is -0.537. The molecule has 0 amide bonds. The molecule has 0 saturated heterocycles. The van der Waals surface area contributed by atoms with Crippen LogP contribution in [0.4, 0.5) is 0 Å².